The van der Waals surface area contributed by atoms with Gasteiger partial charge in [-0.3, -0.25) is 4.79 Å². The van der Waals surface area contributed by atoms with E-state index in [-0.39, 0.29) is 12.1 Å². The Balaban J connectivity index is 2.47. The zero-order valence-corrected chi connectivity index (χ0v) is 17.9. The van der Waals surface area contributed by atoms with Crippen LogP contribution < -0.4 is 4.74 Å². The second-order valence-corrected chi connectivity index (χ2v) is 7.89. The monoisotopic (exact) mass is 614 g/mol. The fourth-order valence-electron chi connectivity index (χ4n) is 1.67. The Morgan fingerprint density at radius 2 is 1.85 bits per heavy atom. The molecule has 0 heterocycles. The molecule has 1 rings (SSSR count). The van der Waals surface area contributed by atoms with Gasteiger partial charge < -0.3 is 9.47 Å². The van der Waals surface area contributed by atoms with Crippen LogP contribution in [0.4, 0.5) is 0 Å². The van der Waals surface area contributed by atoms with Gasteiger partial charge in [0.05, 0.1) is 19.9 Å². The third-order valence-electron chi connectivity index (χ3n) is 2.58. The zero-order chi connectivity index (χ0) is 15.1. The van der Waals surface area contributed by atoms with Crippen LogP contribution in [-0.2, 0) is 9.53 Å². The average Bonchev–Trinajstić information content (AvgIpc) is 2.34. The summed E-state index contributed by atoms with van der Waals surface area (Å²) in [4.78, 5) is 11.3. The van der Waals surface area contributed by atoms with Crippen molar-refractivity contribution in [2.24, 2.45) is 0 Å². The van der Waals surface area contributed by atoms with Crippen LogP contribution in [0, 0.1) is 10.7 Å². The second-order valence-electron chi connectivity index (χ2n) is 4.32. The van der Waals surface area contributed by atoms with Crippen LogP contribution in [0.3, 0.4) is 0 Å². The van der Waals surface area contributed by atoms with E-state index >= 15 is 0 Å². The summed E-state index contributed by atoms with van der Waals surface area (Å²) in [5.74, 6) is 0.813. The van der Waals surface area contributed by atoms with Crippen LogP contribution in [0.25, 0.3) is 0 Å². The van der Waals surface area contributed by atoms with Gasteiger partial charge in [-0.15, -0.1) is 0 Å². The summed E-state index contributed by atoms with van der Waals surface area (Å²) in [5.41, 5.74) is 0. The van der Waals surface area contributed by atoms with Crippen molar-refractivity contribution in [1.29, 1.82) is 0 Å². The molecule has 0 aliphatic carbocycles. The van der Waals surface area contributed by atoms with Gasteiger partial charge in [0, 0.05) is 9.99 Å². The molecule has 1 aromatic carbocycles. The summed E-state index contributed by atoms with van der Waals surface area (Å²) in [6.07, 6.45) is 2.18. The minimum absolute atomic E-state index is 0.0894. The fourth-order valence-corrected chi connectivity index (χ4v) is 5.51. The Morgan fingerprint density at radius 1 is 1.25 bits per heavy atom. The molecule has 20 heavy (non-hydrogen) atoms. The summed E-state index contributed by atoms with van der Waals surface area (Å²) < 4.78 is 14.4. The molecule has 0 amide bonds. The highest BCUT2D eigenvalue weighted by atomic mass is 127. The molecule has 0 N–H and O–H groups in total. The number of ether oxygens (including phenoxy) is 2. The molecule has 0 aliphatic heterocycles. The lowest BCUT2D eigenvalue weighted by Crippen LogP contribution is -2.14. The molecule has 1 unspecified atom stereocenters. The first kappa shape index (κ1) is 18.7. The van der Waals surface area contributed by atoms with Gasteiger partial charge >= 0.3 is 5.97 Å². The van der Waals surface area contributed by atoms with Crippen molar-refractivity contribution < 1.29 is 14.3 Å². The molecule has 0 saturated heterocycles. The topological polar surface area (TPSA) is 35.5 Å². The van der Waals surface area contributed by atoms with Gasteiger partial charge in [0.1, 0.15) is 5.75 Å². The molecule has 0 saturated carbocycles. The van der Waals surface area contributed by atoms with E-state index < -0.39 is 0 Å². The van der Waals surface area contributed by atoms with Crippen molar-refractivity contribution in [2.75, 3.05) is 6.61 Å². The lowest BCUT2D eigenvalue weighted by Gasteiger charge is -2.17. The summed E-state index contributed by atoms with van der Waals surface area (Å²) in [6.45, 7) is 4.31. The molecule has 0 radical (unpaired) electrons. The Kier molecular flexibility index (Phi) is 9.03. The Morgan fingerprint density at radius 3 is 2.40 bits per heavy atom. The van der Waals surface area contributed by atoms with E-state index in [4.69, 9.17) is 9.47 Å². The van der Waals surface area contributed by atoms with Gasteiger partial charge in [-0.05, 0) is 107 Å². The summed E-state index contributed by atoms with van der Waals surface area (Å²) >= 11 is 6.89. The minimum Gasteiger partial charge on any atom is -0.488 e. The maximum absolute atomic E-state index is 11.3. The molecule has 0 spiro atoms. The standard InChI is InChI=1S/C14H17I3O3/c1-3-19-13(18)6-4-5-9(2)20-14-11(16)7-10(15)8-12(14)17/h7-9H,3-6H2,1-2H3. The molecule has 0 aliphatic rings. The van der Waals surface area contributed by atoms with Gasteiger partial charge in [-0.1, -0.05) is 0 Å². The van der Waals surface area contributed by atoms with E-state index in [1.165, 1.54) is 3.57 Å². The van der Waals surface area contributed by atoms with Crippen LogP contribution in [0.2, 0.25) is 0 Å². The smallest absolute Gasteiger partial charge is 0.305 e. The van der Waals surface area contributed by atoms with E-state index in [9.17, 15) is 4.79 Å². The van der Waals surface area contributed by atoms with Gasteiger partial charge in [-0.2, -0.15) is 0 Å². The molecule has 0 fully saturated rings. The van der Waals surface area contributed by atoms with Crippen LogP contribution in [-0.4, -0.2) is 18.7 Å². The molecular weight excluding hydrogens is 597 g/mol. The third-order valence-corrected chi connectivity index (χ3v) is 4.80. The lowest BCUT2D eigenvalue weighted by molar-refractivity contribution is -0.143. The summed E-state index contributed by atoms with van der Waals surface area (Å²) in [5, 5.41) is 0. The minimum atomic E-state index is -0.127. The van der Waals surface area contributed by atoms with E-state index in [0.717, 1.165) is 25.7 Å². The molecule has 0 bridgehead atoms. The Labute approximate surface area is 161 Å². The largest absolute Gasteiger partial charge is 0.488 e. The third kappa shape index (κ3) is 6.63. The number of benzene rings is 1. The van der Waals surface area contributed by atoms with E-state index in [2.05, 4.69) is 79.9 Å². The van der Waals surface area contributed by atoms with Crippen molar-refractivity contribution in [3.8, 4) is 5.75 Å². The molecule has 0 aromatic heterocycles. The summed E-state index contributed by atoms with van der Waals surface area (Å²) in [7, 11) is 0. The predicted molar refractivity (Wildman–Crippen MR) is 105 cm³/mol. The Bertz CT molecular complexity index is 440. The SMILES string of the molecule is CCOC(=O)CCCC(C)Oc1c(I)cc(I)cc1I. The molecule has 112 valence electrons. The van der Waals surface area contributed by atoms with Crippen LogP contribution in [0.5, 0.6) is 5.75 Å². The highest BCUT2D eigenvalue weighted by Gasteiger charge is 2.12. The van der Waals surface area contributed by atoms with Gasteiger partial charge in [-0.25, -0.2) is 0 Å². The number of rotatable bonds is 7. The fraction of sp³-hybridized carbons (Fsp3) is 0.500. The zero-order valence-electron chi connectivity index (χ0n) is 11.4. The number of hydrogen-bond donors (Lipinski definition) is 0. The van der Waals surface area contributed by atoms with Crippen molar-refractivity contribution in [3.05, 3.63) is 22.8 Å². The van der Waals surface area contributed by atoms with Crippen LogP contribution in [0.15, 0.2) is 12.1 Å². The maximum atomic E-state index is 11.3. The van der Waals surface area contributed by atoms with E-state index in [1.807, 2.05) is 13.8 Å². The van der Waals surface area contributed by atoms with Gasteiger partial charge in [0.25, 0.3) is 0 Å². The van der Waals surface area contributed by atoms with E-state index in [0.29, 0.717) is 13.0 Å². The number of hydrogen-bond acceptors (Lipinski definition) is 3. The lowest BCUT2D eigenvalue weighted by atomic mass is 10.2. The number of esters is 1. The quantitative estimate of drug-likeness (QED) is 0.321. The highest BCUT2D eigenvalue weighted by Crippen LogP contribution is 2.30. The average molecular weight is 614 g/mol. The Hall–Kier alpha value is 0.680. The van der Waals surface area contributed by atoms with Gasteiger partial charge in [0.2, 0.25) is 0 Å². The first-order chi connectivity index (χ1) is 9.43. The van der Waals surface area contributed by atoms with Crippen molar-refractivity contribution >= 4 is 73.7 Å². The molecular formula is C14H17I3O3. The molecule has 1 aromatic rings. The van der Waals surface area contributed by atoms with Crippen molar-refractivity contribution in [2.45, 2.75) is 39.2 Å². The molecule has 6 heteroatoms. The highest BCUT2D eigenvalue weighted by molar-refractivity contribution is 14.1. The van der Waals surface area contributed by atoms with Crippen LogP contribution >= 0.6 is 67.8 Å². The predicted octanol–water partition coefficient (Wildman–Crippen LogP) is 5.00. The normalized spacial score (nSPS) is 12.1. The van der Waals surface area contributed by atoms with Crippen molar-refractivity contribution in [3.63, 3.8) is 0 Å². The first-order valence-corrected chi connectivity index (χ1v) is 9.64. The second kappa shape index (κ2) is 9.65. The number of halogens is 3. The first-order valence-electron chi connectivity index (χ1n) is 6.40. The summed E-state index contributed by atoms with van der Waals surface area (Å²) in [6, 6.07) is 4.20. The van der Waals surface area contributed by atoms with Crippen LogP contribution in [0.1, 0.15) is 33.1 Å². The molecule has 1 atom stereocenters. The molecule has 3 nitrogen and oxygen atoms in total. The van der Waals surface area contributed by atoms with Crippen molar-refractivity contribution in [1.82, 2.24) is 0 Å². The van der Waals surface area contributed by atoms with E-state index in [1.54, 1.807) is 0 Å². The maximum Gasteiger partial charge on any atom is 0.305 e. The number of carbonyl (C=O) groups is 1. The van der Waals surface area contributed by atoms with Gasteiger partial charge in [0.15, 0.2) is 0 Å². The number of carbonyl (C=O) groups excluding carboxylic acids is 1.